The Bertz CT molecular complexity index is 372. The van der Waals surface area contributed by atoms with Gasteiger partial charge in [-0.25, -0.2) is 0 Å². The number of nitrogens with one attached hydrogen (secondary N) is 1. The summed E-state index contributed by atoms with van der Waals surface area (Å²) >= 11 is 0. The summed E-state index contributed by atoms with van der Waals surface area (Å²) in [5.74, 6) is 5.82. The molecule has 0 aromatic heterocycles. The second kappa shape index (κ2) is 7.04. The van der Waals surface area contributed by atoms with E-state index in [1.54, 1.807) is 0 Å². The fourth-order valence-corrected chi connectivity index (χ4v) is 2.58. The van der Waals surface area contributed by atoms with Gasteiger partial charge in [-0.1, -0.05) is 44.5 Å². The molecule has 0 amide bonds. The van der Waals surface area contributed by atoms with Gasteiger partial charge in [0.25, 0.3) is 0 Å². The largest absolute Gasteiger partial charge is 0.302 e. The van der Waals surface area contributed by atoms with Crippen molar-refractivity contribution in [1.29, 1.82) is 0 Å². The molecule has 1 aromatic carbocycles. The van der Waals surface area contributed by atoms with Crippen molar-refractivity contribution < 1.29 is 0 Å². The lowest BCUT2D eigenvalue weighted by atomic mass is 9.83. The molecule has 0 saturated heterocycles. The van der Waals surface area contributed by atoms with Gasteiger partial charge in [-0.15, -0.1) is 0 Å². The average Bonchev–Trinajstić information content (AvgIpc) is 2.41. The van der Waals surface area contributed by atoms with E-state index in [1.165, 1.54) is 17.5 Å². The van der Waals surface area contributed by atoms with Crippen LogP contribution < -0.4 is 11.3 Å². The monoisotopic (exact) mass is 263 g/mol. The van der Waals surface area contributed by atoms with Gasteiger partial charge in [0.1, 0.15) is 0 Å². The number of nitrogens with two attached hydrogens (primary N) is 1. The van der Waals surface area contributed by atoms with Gasteiger partial charge in [-0.05, 0) is 45.0 Å². The highest BCUT2D eigenvalue weighted by atomic mass is 15.3. The van der Waals surface area contributed by atoms with Crippen LogP contribution in [0.1, 0.15) is 50.8 Å². The van der Waals surface area contributed by atoms with Gasteiger partial charge in [0.2, 0.25) is 0 Å². The average molecular weight is 263 g/mol. The molecule has 1 rings (SSSR count). The molecule has 108 valence electrons. The zero-order chi connectivity index (χ0) is 14.5. The highest BCUT2D eigenvalue weighted by molar-refractivity contribution is 5.27. The van der Waals surface area contributed by atoms with Crippen LogP contribution in [0.4, 0.5) is 0 Å². The summed E-state index contributed by atoms with van der Waals surface area (Å²) in [6, 6.07) is 8.96. The lowest BCUT2D eigenvalue weighted by Gasteiger charge is -2.42. The molecule has 3 heteroatoms. The normalized spacial score (nSPS) is 16.4. The number of rotatable bonds is 7. The Morgan fingerprint density at radius 1 is 1.21 bits per heavy atom. The minimum atomic E-state index is 0.00101. The van der Waals surface area contributed by atoms with Gasteiger partial charge in [-0.2, -0.15) is 0 Å². The molecule has 0 aliphatic carbocycles. The van der Waals surface area contributed by atoms with Gasteiger partial charge >= 0.3 is 0 Å². The first-order chi connectivity index (χ1) is 8.99. The topological polar surface area (TPSA) is 41.3 Å². The Balaban J connectivity index is 3.02. The van der Waals surface area contributed by atoms with E-state index in [0.717, 1.165) is 12.8 Å². The smallest absolute Gasteiger partial charge is 0.0640 e. The van der Waals surface area contributed by atoms with Crippen molar-refractivity contribution in [3.63, 3.8) is 0 Å². The van der Waals surface area contributed by atoms with Gasteiger partial charge < -0.3 is 4.90 Å². The second-order valence-electron chi connectivity index (χ2n) is 5.70. The van der Waals surface area contributed by atoms with Crippen LogP contribution in [0, 0.1) is 0 Å². The molecular formula is C16H29N3. The van der Waals surface area contributed by atoms with Gasteiger partial charge in [-0.3, -0.25) is 11.3 Å². The SMILES string of the molecule is CCCc1ccc(C(NN)C(C)(CC)N(C)C)cc1. The summed E-state index contributed by atoms with van der Waals surface area (Å²) in [4.78, 5) is 2.25. The number of aryl methyl sites for hydroxylation is 1. The van der Waals surface area contributed by atoms with Crippen LogP contribution in [0.5, 0.6) is 0 Å². The summed E-state index contributed by atoms with van der Waals surface area (Å²) in [7, 11) is 4.22. The first-order valence-electron chi connectivity index (χ1n) is 7.22. The van der Waals surface area contributed by atoms with Crippen molar-refractivity contribution in [3.05, 3.63) is 35.4 Å². The van der Waals surface area contributed by atoms with Crippen molar-refractivity contribution in [1.82, 2.24) is 10.3 Å². The zero-order valence-electron chi connectivity index (χ0n) is 13.0. The minimum absolute atomic E-state index is 0.00101. The van der Waals surface area contributed by atoms with Crippen LogP contribution in [-0.2, 0) is 6.42 Å². The lowest BCUT2D eigenvalue weighted by molar-refractivity contribution is 0.113. The Morgan fingerprint density at radius 2 is 1.79 bits per heavy atom. The van der Waals surface area contributed by atoms with E-state index in [4.69, 9.17) is 5.84 Å². The maximum Gasteiger partial charge on any atom is 0.0640 e. The van der Waals surface area contributed by atoms with E-state index in [9.17, 15) is 0 Å². The highest BCUT2D eigenvalue weighted by Crippen LogP contribution is 2.32. The van der Waals surface area contributed by atoms with Crippen LogP contribution in [0.15, 0.2) is 24.3 Å². The van der Waals surface area contributed by atoms with Crippen LogP contribution in [0.2, 0.25) is 0 Å². The fraction of sp³-hybridized carbons (Fsp3) is 0.625. The Kier molecular flexibility index (Phi) is 5.98. The second-order valence-corrected chi connectivity index (χ2v) is 5.70. The first-order valence-corrected chi connectivity index (χ1v) is 7.22. The Labute approximate surface area is 118 Å². The third-order valence-corrected chi connectivity index (χ3v) is 4.38. The number of nitrogens with zero attached hydrogens (tertiary/aromatic N) is 1. The molecule has 19 heavy (non-hydrogen) atoms. The van der Waals surface area contributed by atoms with Gasteiger partial charge in [0.05, 0.1) is 6.04 Å². The van der Waals surface area contributed by atoms with Crippen molar-refractivity contribution >= 4 is 0 Å². The number of hydrazine groups is 1. The molecular weight excluding hydrogens is 234 g/mol. The quantitative estimate of drug-likeness (QED) is 0.587. The van der Waals surface area contributed by atoms with Crippen molar-refractivity contribution in [3.8, 4) is 0 Å². The summed E-state index contributed by atoms with van der Waals surface area (Å²) in [5.41, 5.74) is 5.65. The van der Waals surface area contributed by atoms with Gasteiger partial charge in [0.15, 0.2) is 0 Å². The lowest BCUT2D eigenvalue weighted by Crippen LogP contribution is -2.52. The van der Waals surface area contributed by atoms with E-state index in [2.05, 4.69) is 69.5 Å². The van der Waals surface area contributed by atoms with Crippen molar-refractivity contribution in [2.75, 3.05) is 14.1 Å². The molecule has 2 unspecified atom stereocenters. The molecule has 3 N–H and O–H groups in total. The molecule has 0 heterocycles. The van der Waals surface area contributed by atoms with Crippen LogP contribution in [0.25, 0.3) is 0 Å². The van der Waals surface area contributed by atoms with E-state index in [1.807, 2.05) is 0 Å². The van der Waals surface area contributed by atoms with Crippen LogP contribution in [0.3, 0.4) is 0 Å². The predicted molar refractivity (Wildman–Crippen MR) is 82.9 cm³/mol. The summed E-state index contributed by atoms with van der Waals surface area (Å²) in [6.07, 6.45) is 3.35. The summed E-state index contributed by atoms with van der Waals surface area (Å²) in [6.45, 7) is 6.66. The van der Waals surface area contributed by atoms with Crippen LogP contribution >= 0.6 is 0 Å². The van der Waals surface area contributed by atoms with E-state index >= 15 is 0 Å². The number of benzene rings is 1. The zero-order valence-corrected chi connectivity index (χ0v) is 13.0. The number of hydrogen-bond donors (Lipinski definition) is 2. The van der Waals surface area contributed by atoms with Crippen LogP contribution in [-0.4, -0.2) is 24.5 Å². The Hall–Kier alpha value is -0.900. The standard InChI is InChI=1S/C16H29N3/c1-6-8-13-9-11-14(12-10-13)15(18-17)16(3,7-2)19(4)5/h9-12,15,18H,6-8,17H2,1-5H3. The number of hydrogen-bond acceptors (Lipinski definition) is 3. The fourth-order valence-electron chi connectivity index (χ4n) is 2.58. The molecule has 0 spiro atoms. The number of likely N-dealkylation sites (N-methyl/N-ethyl adjacent to an activating group) is 1. The molecule has 0 radical (unpaired) electrons. The molecule has 0 fully saturated rings. The summed E-state index contributed by atoms with van der Waals surface area (Å²) in [5, 5.41) is 0. The summed E-state index contributed by atoms with van der Waals surface area (Å²) < 4.78 is 0. The third-order valence-electron chi connectivity index (χ3n) is 4.38. The maximum atomic E-state index is 5.82. The van der Waals surface area contributed by atoms with E-state index in [-0.39, 0.29) is 11.6 Å². The minimum Gasteiger partial charge on any atom is -0.302 e. The molecule has 0 aliphatic heterocycles. The van der Waals surface area contributed by atoms with E-state index in [0.29, 0.717) is 0 Å². The molecule has 0 saturated carbocycles. The predicted octanol–water partition coefficient (Wildman–Crippen LogP) is 2.87. The molecule has 2 atom stereocenters. The molecule has 1 aromatic rings. The first kappa shape index (κ1) is 16.2. The molecule has 0 bridgehead atoms. The maximum absolute atomic E-state index is 5.82. The Morgan fingerprint density at radius 3 is 2.16 bits per heavy atom. The highest BCUT2D eigenvalue weighted by Gasteiger charge is 2.35. The van der Waals surface area contributed by atoms with Crippen molar-refractivity contribution in [2.24, 2.45) is 5.84 Å². The third kappa shape index (κ3) is 3.56. The molecule has 0 aliphatic rings. The van der Waals surface area contributed by atoms with E-state index < -0.39 is 0 Å². The van der Waals surface area contributed by atoms with Gasteiger partial charge in [0, 0.05) is 5.54 Å². The van der Waals surface area contributed by atoms with Crippen molar-refractivity contribution in [2.45, 2.75) is 51.6 Å². The molecule has 3 nitrogen and oxygen atoms in total.